The van der Waals surface area contributed by atoms with Crippen LogP contribution in [0, 0.1) is 0 Å². The second-order valence-electron chi connectivity index (χ2n) is 5.13. The number of rotatable bonds is 4. The van der Waals surface area contributed by atoms with Crippen LogP contribution in [0.2, 0.25) is 0 Å². The van der Waals surface area contributed by atoms with E-state index in [4.69, 9.17) is 0 Å². The molecule has 7 heteroatoms. The fourth-order valence-electron chi connectivity index (χ4n) is 2.92. The Morgan fingerprint density at radius 1 is 1.24 bits per heavy atom. The smallest absolute Gasteiger partial charge is 0.387 e. The topological polar surface area (TPSA) is 46.6 Å². The van der Waals surface area contributed by atoms with Gasteiger partial charge in [-0.1, -0.05) is 6.08 Å². The van der Waals surface area contributed by atoms with E-state index in [1.807, 2.05) is 6.08 Å². The summed E-state index contributed by atoms with van der Waals surface area (Å²) in [4.78, 5) is 0.101. The second-order valence-corrected chi connectivity index (χ2v) is 6.94. The van der Waals surface area contributed by atoms with Crippen molar-refractivity contribution in [3.63, 3.8) is 0 Å². The van der Waals surface area contributed by atoms with Crippen molar-refractivity contribution in [2.24, 2.45) is 0 Å². The molecule has 1 aromatic carbocycles. The van der Waals surface area contributed by atoms with Gasteiger partial charge < -0.3 is 4.74 Å². The molecule has 2 aliphatic rings. The molecule has 21 heavy (non-hydrogen) atoms. The van der Waals surface area contributed by atoms with Gasteiger partial charge in [-0.05, 0) is 49.9 Å². The Labute approximate surface area is 122 Å². The van der Waals surface area contributed by atoms with Crippen LogP contribution in [0.4, 0.5) is 8.78 Å². The highest BCUT2D eigenvalue weighted by atomic mass is 32.2. The Kier molecular flexibility index (Phi) is 3.61. The number of ether oxygens (including phenoxy) is 1. The first-order valence-corrected chi connectivity index (χ1v) is 8.21. The molecule has 0 amide bonds. The molecule has 0 saturated carbocycles. The van der Waals surface area contributed by atoms with Gasteiger partial charge in [0.2, 0.25) is 0 Å². The maximum absolute atomic E-state index is 12.7. The Morgan fingerprint density at radius 2 is 1.95 bits per heavy atom. The monoisotopic (exact) mass is 315 g/mol. The lowest BCUT2D eigenvalue weighted by Crippen LogP contribution is -2.38. The Balaban J connectivity index is 1.87. The van der Waals surface area contributed by atoms with E-state index in [1.165, 1.54) is 28.6 Å². The number of hydrogen-bond donors (Lipinski definition) is 0. The van der Waals surface area contributed by atoms with Gasteiger partial charge in [-0.3, -0.25) is 4.31 Å². The van der Waals surface area contributed by atoms with Gasteiger partial charge >= 0.3 is 6.61 Å². The van der Waals surface area contributed by atoms with E-state index < -0.39 is 16.6 Å². The second kappa shape index (κ2) is 5.29. The van der Waals surface area contributed by atoms with Gasteiger partial charge in [0.1, 0.15) is 5.75 Å². The van der Waals surface area contributed by atoms with Crippen LogP contribution in [0.5, 0.6) is 5.75 Å². The number of nitrogens with zero attached hydrogens (tertiary/aromatic N) is 1. The molecule has 2 bridgehead atoms. The van der Waals surface area contributed by atoms with Gasteiger partial charge in [-0.2, -0.15) is 8.78 Å². The molecule has 0 unspecified atom stereocenters. The van der Waals surface area contributed by atoms with Crippen molar-refractivity contribution in [1.82, 2.24) is 4.31 Å². The zero-order valence-corrected chi connectivity index (χ0v) is 12.0. The maximum Gasteiger partial charge on any atom is 0.387 e. The van der Waals surface area contributed by atoms with E-state index in [-0.39, 0.29) is 16.7 Å². The van der Waals surface area contributed by atoms with E-state index in [9.17, 15) is 17.2 Å². The Morgan fingerprint density at radius 3 is 2.57 bits per heavy atom. The highest BCUT2D eigenvalue weighted by Gasteiger charge is 2.38. The average molecular weight is 315 g/mol. The number of alkyl halides is 2. The minimum absolute atomic E-state index is 0.00394. The first-order chi connectivity index (χ1) is 9.98. The van der Waals surface area contributed by atoms with Crippen LogP contribution in [0.15, 0.2) is 40.9 Å². The molecule has 1 atom stereocenters. The predicted octanol–water partition coefficient (Wildman–Crippen LogP) is 3.12. The molecule has 3 rings (SSSR count). The van der Waals surface area contributed by atoms with Gasteiger partial charge in [0.05, 0.1) is 4.90 Å². The lowest BCUT2D eigenvalue weighted by Gasteiger charge is -2.33. The van der Waals surface area contributed by atoms with Gasteiger partial charge in [-0.25, -0.2) is 8.42 Å². The van der Waals surface area contributed by atoms with Crippen LogP contribution >= 0.6 is 0 Å². The first-order valence-electron chi connectivity index (χ1n) is 6.77. The lowest BCUT2D eigenvalue weighted by atomic mass is 10.1. The van der Waals surface area contributed by atoms with Crippen LogP contribution in [0.3, 0.4) is 0 Å². The molecular weight excluding hydrogens is 300 g/mol. The number of hydrogen-bond acceptors (Lipinski definition) is 3. The molecule has 2 aliphatic heterocycles. The average Bonchev–Trinajstić information content (AvgIpc) is 2.70. The summed E-state index contributed by atoms with van der Waals surface area (Å²) in [5.41, 5.74) is 0.846. The summed E-state index contributed by atoms with van der Waals surface area (Å²) in [7, 11) is -3.62. The van der Waals surface area contributed by atoms with Crippen LogP contribution < -0.4 is 4.74 Å². The summed E-state index contributed by atoms with van der Waals surface area (Å²) in [5, 5.41) is 0. The number of halogens is 2. The van der Waals surface area contributed by atoms with Gasteiger partial charge in [0.25, 0.3) is 10.0 Å². The van der Waals surface area contributed by atoms with Crippen molar-refractivity contribution in [2.45, 2.75) is 43.2 Å². The molecule has 2 heterocycles. The largest absolute Gasteiger partial charge is 0.435 e. The Bertz CT molecular complexity index is 655. The van der Waals surface area contributed by atoms with Crippen molar-refractivity contribution >= 4 is 10.0 Å². The minimum atomic E-state index is -3.62. The van der Waals surface area contributed by atoms with Gasteiger partial charge in [0.15, 0.2) is 0 Å². The predicted molar refractivity (Wildman–Crippen MR) is 72.4 cm³/mol. The minimum Gasteiger partial charge on any atom is -0.435 e. The number of fused-ring (bicyclic) bond motifs is 2. The Hall–Kier alpha value is -1.63. The summed E-state index contributed by atoms with van der Waals surface area (Å²) in [5.74, 6) is -0.0511. The molecule has 0 aliphatic carbocycles. The molecule has 0 radical (unpaired) electrons. The third kappa shape index (κ3) is 2.62. The molecule has 4 nitrogen and oxygen atoms in total. The third-order valence-electron chi connectivity index (χ3n) is 3.82. The summed E-state index contributed by atoms with van der Waals surface area (Å²) in [6.07, 6.45) is 5.35. The highest BCUT2D eigenvalue weighted by Crippen LogP contribution is 2.38. The van der Waals surface area contributed by atoms with E-state index in [0.717, 1.165) is 31.4 Å². The molecule has 1 fully saturated rings. The van der Waals surface area contributed by atoms with Crippen LogP contribution in [-0.4, -0.2) is 25.4 Å². The zero-order valence-electron chi connectivity index (χ0n) is 11.2. The van der Waals surface area contributed by atoms with Crippen molar-refractivity contribution in [3.05, 3.63) is 36.0 Å². The van der Waals surface area contributed by atoms with Crippen LogP contribution in [0.25, 0.3) is 0 Å². The fraction of sp³-hybridized carbons (Fsp3) is 0.429. The number of benzene rings is 1. The lowest BCUT2D eigenvalue weighted by molar-refractivity contribution is -0.0498. The van der Waals surface area contributed by atoms with E-state index in [2.05, 4.69) is 4.74 Å². The maximum atomic E-state index is 12.7. The SMILES string of the molecule is O=S(=O)(c1ccc(OC(F)F)cc1)N1C2=CC[C@H]1CCC2. The number of piperidine rings is 1. The summed E-state index contributed by atoms with van der Waals surface area (Å²) in [6.45, 7) is -2.92. The quantitative estimate of drug-likeness (QED) is 0.857. The number of sulfonamides is 1. The van der Waals surface area contributed by atoms with E-state index in [1.54, 1.807) is 0 Å². The molecule has 114 valence electrons. The molecule has 1 saturated heterocycles. The van der Waals surface area contributed by atoms with Crippen LogP contribution in [0.1, 0.15) is 25.7 Å². The van der Waals surface area contributed by atoms with Crippen LogP contribution in [-0.2, 0) is 10.0 Å². The normalized spacial score (nSPS) is 21.6. The van der Waals surface area contributed by atoms with Crippen molar-refractivity contribution in [3.8, 4) is 5.75 Å². The molecular formula is C14H15F2NO3S. The zero-order chi connectivity index (χ0) is 15.0. The summed E-state index contributed by atoms with van der Waals surface area (Å²) >= 11 is 0. The van der Waals surface area contributed by atoms with E-state index >= 15 is 0 Å². The molecule has 0 spiro atoms. The molecule has 1 aromatic rings. The highest BCUT2D eigenvalue weighted by molar-refractivity contribution is 7.89. The first kappa shape index (κ1) is 14.3. The van der Waals surface area contributed by atoms with Crippen molar-refractivity contribution < 1.29 is 21.9 Å². The van der Waals surface area contributed by atoms with Gasteiger partial charge in [0, 0.05) is 11.7 Å². The number of allylic oxidation sites excluding steroid dienone is 1. The van der Waals surface area contributed by atoms with E-state index in [0.29, 0.717) is 0 Å². The van der Waals surface area contributed by atoms with Gasteiger partial charge in [-0.15, -0.1) is 0 Å². The summed E-state index contributed by atoms with van der Waals surface area (Å²) < 4.78 is 55.3. The standard InChI is InChI=1S/C14H15F2NO3S/c15-14(16)20-12-6-8-13(9-7-12)21(18,19)17-10-2-1-3-11(17)5-4-10/h4,6-9,11,14H,1-3,5H2/t11-/m1/s1. The molecule has 0 aromatic heterocycles. The fourth-order valence-corrected chi connectivity index (χ4v) is 4.68. The van der Waals surface area contributed by atoms with Crippen molar-refractivity contribution in [1.29, 1.82) is 0 Å². The summed E-state index contributed by atoms with van der Waals surface area (Å²) in [6, 6.07) is 5.11. The third-order valence-corrected chi connectivity index (χ3v) is 5.73. The molecule has 0 N–H and O–H groups in total. The van der Waals surface area contributed by atoms with Crippen molar-refractivity contribution in [2.75, 3.05) is 0 Å².